The van der Waals surface area contributed by atoms with Gasteiger partial charge in [-0.15, -0.1) is 11.3 Å². The standard InChI is InChI=1S/C46H26O2S/c1-2-13-27(14-3-1)40-44-38(26-25-37-43(44)34-20-8-10-23-36(34)47-37)48-45(40)42-31-18-6-4-16-29(31)41(30-17-5-7-19-32(30)42)35-22-12-21-33-28-15-9-11-24-39(28)49-46(33)35/h1-26H. The van der Waals surface area contributed by atoms with Gasteiger partial charge in [-0.2, -0.15) is 0 Å². The molecular weight excluding hydrogens is 617 g/mol. The summed E-state index contributed by atoms with van der Waals surface area (Å²) >= 11 is 1.88. The first-order chi connectivity index (χ1) is 24.3. The molecule has 11 aromatic rings. The monoisotopic (exact) mass is 642 g/mol. The summed E-state index contributed by atoms with van der Waals surface area (Å²) in [6.07, 6.45) is 0. The number of benzene rings is 8. The van der Waals surface area contributed by atoms with Gasteiger partial charge in [0.1, 0.15) is 22.5 Å². The summed E-state index contributed by atoms with van der Waals surface area (Å²) in [5.41, 5.74) is 8.41. The maximum absolute atomic E-state index is 7.10. The molecule has 0 saturated carbocycles. The summed E-state index contributed by atoms with van der Waals surface area (Å²) in [6, 6.07) is 56.3. The second-order valence-electron chi connectivity index (χ2n) is 12.7. The van der Waals surface area contributed by atoms with Crippen molar-refractivity contribution in [2.75, 3.05) is 0 Å². The zero-order valence-electron chi connectivity index (χ0n) is 26.2. The minimum Gasteiger partial charge on any atom is -0.456 e. The minimum atomic E-state index is 0.847. The van der Waals surface area contributed by atoms with Crippen LogP contribution in [0.1, 0.15) is 0 Å². The predicted molar refractivity (Wildman–Crippen MR) is 208 cm³/mol. The maximum atomic E-state index is 7.10. The summed E-state index contributed by atoms with van der Waals surface area (Å²) in [5, 5.41) is 10.6. The third-order valence-corrected chi connectivity index (χ3v) is 11.3. The van der Waals surface area contributed by atoms with Gasteiger partial charge in [0.05, 0.1) is 0 Å². The lowest BCUT2D eigenvalue weighted by atomic mass is 9.85. The van der Waals surface area contributed by atoms with Crippen LogP contribution >= 0.6 is 11.3 Å². The summed E-state index contributed by atoms with van der Waals surface area (Å²) in [5.74, 6) is 0.873. The maximum Gasteiger partial charge on any atom is 0.144 e. The van der Waals surface area contributed by atoms with Crippen LogP contribution in [0.2, 0.25) is 0 Å². The first-order valence-corrected chi connectivity index (χ1v) is 17.4. The molecular formula is C46H26O2S. The van der Waals surface area contributed by atoms with Crippen LogP contribution in [0.4, 0.5) is 0 Å². The average Bonchev–Trinajstić information content (AvgIpc) is 3.85. The van der Waals surface area contributed by atoms with Crippen molar-refractivity contribution in [1.82, 2.24) is 0 Å². The summed E-state index contributed by atoms with van der Waals surface area (Å²) < 4.78 is 16.1. The van der Waals surface area contributed by atoms with Crippen molar-refractivity contribution in [3.8, 4) is 33.6 Å². The normalized spacial score (nSPS) is 12.1. The van der Waals surface area contributed by atoms with E-state index in [1.807, 2.05) is 29.5 Å². The molecule has 0 bridgehead atoms. The third-order valence-electron chi connectivity index (χ3n) is 10.1. The van der Waals surface area contributed by atoms with E-state index in [0.717, 1.165) is 55.4 Å². The Bertz CT molecular complexity index is 3050. The second-order valence-corrected chi connectivity index (χ2v) is 13.8. The molecule has 0 fully saturated rings. The van der Waals surface area contributed by atoms with Gasteiger partial charge in [-0.1, -0.05) is 133 Å². The molecule has 0 aliphatic carbocycles. The Morgan fingerprint density at radius 2 is 0.918 bits per heavy atom. The van der Waals surface area contributed by atoms with Crippen molar-refractivity contribution >= 4 is 86.0 Å². The Labute approximate surface area is 285 Å². The van der Waals surface area contributed by atoms with Crippen molar-refractivity contribution in [3.63, 3.8) is 0 Å². The molecule has 228 valence electrons. The molecule has 0 saturated heterocycles. The van der Waals surface area contributed by atoms with E-state index in [9.17, 15) is 0 Å². The Kier molecular flexibility index (Phi) is 5.57. The Morgan fingerprint density at radius 1 is 0.347 bits per heavy atom. The van der Waals surface area contributed by atoms with Crippen LogP contribution in [0.5, 0.6) is 0 Å². The number of para-hydroxylation sites is 1. The fourth-order valence-corrected chi connectivity index (χ4v) is 9.29. The molecule has 3 aromatic heterocycles. The van der Waals surface area contributed by atoms with Gasteiger partial charge in [0.25, 0.3) is 0 Å². The zero-order valence-corrected chi connectivity index (χ0v) is 27.1. The van der Waals surface area contributed by atoms with Crippen molar-refractivity contribution in [2.45, 2.75) is 0 Å². The minimum absolute atomic E-state index is 0.847. The lowest BCUT2D eigenvalue weighted by Gasteiger charge is -2.17. The molecule has 0 spiro atoms. The van der Waals surface area contributed by atoms with E-state index in [4.69, 9.17) is 8.83 Å². The van der Waals surface area contributed by atoms with Gasteiger partial charge >= 0.3 is 0 Å². The highest BCUT2D eigenvalue weighted by Gasteiger charge is 2.27. The van der Waals surface area contributed by atoms with Crippen LogP contribution in [-0.4, -0.2) is 0 Å². The first kappa shape index (κ1) is 26.9. The van der Waals surface area contributed by atoms with Crippen LogP contribution in [-0.2, 0) is 0 Å². The number of thiophene rings is 1. The Balaban J connectivity index is 1.32. The van der Waals surface area contributed by atoms with Gasteiger partial charge in [-0.05, 0) is 56.9 Å². The number of furan rings is 2. The van der Waals surface area contributed by atoms with Crippen molar-refractivity contribution in [2.24, 2.45) is 0 Å². The molecule has 0 unspecified atom stereocenters. The highest BCUT2D eigenvalue weighted by molar-refractivity contribution is 7.26. The Hall–Kier alpha value is -6.16. The van der Waals surface area contributed by atoms with Crippen LogP contribution in [0, 0.1) is 0 Å². The molecule has 11 rings (SSSR count). The van der Waals surface area contributed by atoms with Gasteiger partial charge in [-0.3, -0.25) is 0 Å². The number of hydrogen-bond donors (Lipinski definition) is 0. The molecule has 0 atom stereocenters. The largest absolute Gasteiger partial charge is 0.456 e. The van der Waals surface area contributed by atoms with Crippen LogP contribution in [0.3, 0.4) is 0 Å². The molecule has 3 heterocycles. The topological polar surface area (TPSA) is 26.3 Å². The highest BCUT2D eigenvalue weighted by Crippen LogP contribution is 2.52. The van der Waals surface area contributed by atoms with Crippen molar-refractivity contribution < 1.29 is 8.83 Å². The number of fused-ring (bicyclic) bond motifs is 10. The lowest BCUT2D eigenvalue weighted by molar-refractivity contribution is 0.633. The molecule has 3 heteroatoms. The quantitative estimate of drug-likeness (QED) is 0.179. The van der Waals surface area contributed by atoms with E-state index in [0.29, 0.717) is 0 Å². The molecule has 0 aliphatic heterocycles. The van der Waals surface area contributed by atoms with E-state index < -0.39 is 0 Å². The SMILES string of the molecule is c1ccc(-c2c(-c3c4ccccc4c(-c4cccc5c4sc4ccccc45)c4ccccc34)oc3ccc4oc5ccccc5c4c23)cc1. The van der Waals surface area contributed by atoms with E-state index in [-0.39, 0.29) is 0 Å². The molecule has 0 radical (unpaired) electrons. The van der Waals surface area contributed by atoms with E-state index in [1.165, 1.54) is 52.8 Å². The van der Waals surface area contributed by atoms with Crippen LogP contribution < -0.4 is 0 Å². The Morgan fingerprint density at radius 3 is 1.65 bits per heavy atom. The molecule has 0 amide bonds. The third kappa shape index (κ3) is 3.76. The summed E-state index contributed by atoms with van der Waals surface area (Å²) in [7, 11) is 0. The average molecular weight is 643 g/mol. The van der Waals surface area contributed by atoms with Gasteiger partial charge < -0.3 is 8.83 Å². The number of rotatable bonds is 3. The summed E-state index contributed by atoms with van der Waals surface area (Å²) in [4.78, 5) is 0. The van der Waals surface area contributed by atoms with E-state index in [2.05, 4.69) is 140 Å². The van der Waals surface area contributed by atoms with Gasteiger partial charge in [0.15, 0.2) is 0 Å². The molecule has 0 aliphatic rings. The zero-order chi connectivity index (χ0) is 32.1. The number of hydrogen-bond acceptors (Lipinski definition) is 3. The first-order valence-electron chi connectivity index (χ1n) is 16.6. The molecule has 0 N–H and O–H groups in total. The fraction of sp³-hybridized carbons (Fsp3) is 0. The van der Waals surface area contributed by atoms with Gasteiger partial charge in [0, 0.05) is 53.0 Å². The highest BCUT2D eigenvalue weighted by atomic mass is 32.1. The second kappa shape index (κ2) is 10.2. The fourth-order valence-electron chi connectivity index (χ4n) is 8.07. The van der Waals surface area contributed by atoms with Crippen molar-refractivity contribution in [3.05, 3.63) is 158 Å². The van der Waals surface area contributed by atoms with Crippen LogP contribution in [0.15, 0.2) is 167 Å². The predicted octanol–water partition coefficient (Wildman–Crippen LogP) is 14.0. The van der Waals surface area contributed by atoms with Gasteiger partial charge in [0.2, 0.25) is 0 Å². The smallest absolute Gasteiger partial charge is 0.144 e. The van der Waals surface area contributed by atoms with E-state index in [1.54, 1.807) is 0 Å². The van der Waals surface area contributed by atoms with Crippen molar-refractivity contribution in [1.29, 1.82) is 0 Å². The van der Waals surface area contributed by atoms with Crippen LogP contribution in [0.25, 0.3) is 108 Å². The van der Waals surface area contributed by atoms with Gasteiger partial charge in [-0.25, -0.2) is 0 Å². The van der Waals surface area contributed by atoms with E-state index >= 15 is 0 Å². The molecule has 8 aromatic carbocycles. The summed E-state index contributed by atoms with van der Waals surface area (Å²) in [6.45, 7) is 0. The molecule has 2 nitrogen and oxygen atoms in total. The molecule has 49 heavy (non-hydrogen) atoms. The lowest BCUT2D eigenvalue weighted by Crippen LogP contribution is -1.91.